The molecule has 0 radical (unpaired) electrons. The number of benzene rings is 1. The number of hydrogen-bond acceptors (Lipinski definition) is 3. The molecular weight excluding hydrogens is 264 g/mol. The van der Waals surface area contributed by atoms with E-state index >= 15 is 0 Å². The number of carboxylic acid groups (broad SMARTS) is 1. The number of carbonyl (C=O) groups is 1. The van der Waals surface area contributed by atoms with Crippen molar-refractivity contribution in [2.45, 2.75) is 19.3 Å². The number of aliphatic carboxylic acids is 1. The van der Waals surface area contributed by atoms with Gasteiger partial charge in [-0.15, -0.1) is 0 Å². The van der Waals surface area contributed by atoms with Crippen molar-refractivity contribution in [3.05, 3.63) is 58.6 Å². The van der Waals surface area contributed by atoms with Crippen molar-refractivity contribution in [3.63, 3.8) is 0 Å². The van der Waals surface area contributed by atoms with Gasteiger partial charge in [-0.25, -0.2) is 9.97 Å². The molecule has 4 nitrogen and oxygen atoms in total. The van der Waals surface area contributed by atoms with Gasteiger partial charge in [0, 0.05) is 10.7 Å². The molecule has 0 aliphatic heterocycles. The summed E-state index contributed by atoms with van der Waals surface area (Å²) in [6.07, 6.45) is 1.74. The van der Waals surface area contributed by atoms with Crippen LogP contribution in [0.15, 0.2) is 36.7 Å². The van der Waals surface area contributed by atoms with Gasteiger partial charge < -0.3 is 5.11 Å². The standard InChI is InChI=1S/C14H13ClN2O2/c1-9-5-13(17-8-16-9)12(14(18)19)7-10-3-2-4-11(15)6-10/h2-6,8,12H,7H2,1H3,(H,18,19). The molecule has 0 amide bonds. The van der Waals surface area contributed by atoms with Crippen LogP contribution in [0.1, 0.15) is 22.9 Å². The molecule has 0 saturated heterocycles. The van der Waals surface area contributed by atoms with Gasteiger partial charge in [0.25, 0.3) is 0 Å². The number of hydrogen-bond donors (Lipinski definition) is 1. The lowest BCUT2D eigenvalue weighted by Gasteiger charge is -2.12. The van der Waals surface area contributed by atoms with Gasteiger partial charge >= 0.3 is 5.97 Å². The van der Waals surface area contributed by atoms with Crippen molar-refractivity contribution < 1.29 is 9.90 Å². The van der Waals surface area contributed by atoms with Gasteiger partial charge in [0.2, 0.25) is 0 Å². The van der Waals surface area contributed by atoms with E-state index in [0.717, 1.165) is 11.3 Å². The molecule has 1 atom stereocenters. The Balaban J connectivity index is 2.29. The summed E-state index contributed by atoms with van der Waals surface area (Å²) in [6.45, 7) is 1.81. The van der Waals surface area contributed by atoms with Gasteiger partial charge in [-0.05, 0) is 37.1 Å². The minimum absolute atomic E-state index is 0.354. The van der Waals surface area contributed by atoms with Crippen LogP contribution in [0, 0.1) is 6.92 Å². The third-order valence-electron chi connectivity index (χ3n) is 2.81. The Morgan fingerprint density at radius 1 is 1.37 bits per heavy atom. The van der Waals surface area contributed by atoms with E-state index in [9.17, 15) is 9.90 Å². The summed E-state index contributed by atoms with van der Waals surface area (Å²) in [5.74, 6) is -1.60. The lowest BCUT2D eigenvalue weighted by atomic mass is 9.96. The van der Waals surface area contributed by atoms with Crippen molar-refractivity contribution >= 4 is 17.6 Å². The minimum Gasteiger partial charge on any atom is -0.481 e. The first-order chi connectivity index (χ1) is 9.06. The van der Waals surface area contributed by atoms with E-state index in [1.807, 2.05) is 19.1 Å². The van der Waals surface area contributed by atoms with Crippen LogP contribution in [-0.4, -0.2) is 21.0 Å². The Hall–Kier alpha value is -1.94. The number of aromatic nitrogens is 2. The van der Waals surface area contributed by atoms with Gasteiger partial charge in [-0.2, -0.15) is 0 Å². The van der Waals surface area contributed by atoms with Crippen LogP contribution < -0.4 is 0 Å². The Morgan fingerprint density at radius 2 is 2.16 bits per heavy atom. The van der Waals surface area contributed by atoms with Crippen LogP contribution in [0.3, 0.4) is 0 Å². The maximum atomic E-state index is 11.4. The second-order valence-corrected chi connectivity index (χ2v) is 4.75. The molecule has 0 aliphatic carbocycles. The molecule has 1 heterocycles. The van der Waals surface area contributed by atoms with Crippen LogP contribution in [0.5, 0.6) is 0 Å². The molecule has 19 heavy (non-hydrogen) atoms. The highest BCUT2D eigenvalue weighted by atomic mass is 35.5. The average molecular weight is 277 g/mol. The van der Waals surface area contributed by atoms with Crippen LogP contribution in [0.4, 0.5) is 0 Å². The molecule has 0 bridgehead atoms. The second kappa shape index (κ2) is 5.80. The summed E-state index contributed by atoms with van der Waals surface area (Å²) >= 11 is 5.91. The first-order valence-corrected chi connectivity index (χ1v) is 6.20. The predicted molar refractivity (Wildman–Crippen MR) is 72.3 cm³/mol. The summed E-state index contributed by atoms with van der Waals surface area (Å²) in [5.41, 5.74) is 2.14. The van der Waals surface area contributed by atoms with E-state index in [1.54, 1.807) is 18.2 Å². The highest BCUT2D eigenvalue weighted by Crippen LogP contribution is 2.21. The number of aryl methyl sites for hydroxylation is 1. The van der Waals surface area contributed by atoms with Crippen molar-refractivity contribution in [1.29, 1.82) is 0 Å². The molecule has 1 aromatic carbocycles. The van der Waals surface area contributed by atoms with E-state index in [2.05, 4.69) is 9.97 Å². The molecule has 2 aromatic rings. The third-order valence-corrected chi connectivity index (χ3v) is 3.04. The highest BCUT2D eigenvalue weighted by Gasteiger charge is 2.22. The molecule has 0 fully saturated rings. The zero-order valence-electron chi connectivity index (χ0n) is 10.4. The van der Waals surface area contributed by atoms with E-state index in [4.69, 9.17) is 11.6 Å². The van der Waals surface area contributed by atoms with Crippen molar-refractivity contribution in [1.82, 2.24) is 9.97 Å². The topological polar surface area (TPSA) is 63.1 Å². The molecule has 0 spiro atoms. The van der Waals surface area contributed by atoms with E-state index in [1.165, 1.54) is 6.33 Å². The number of halogens is 1. The Labute approximate surface area is 116 Å². The molecular formula is C14H13ClN2O2. The lowest BCUT2D eigenvalue weighted by molar-refractivity contribution is -0.138. The van der Waals surface area contributed by atoms with E-state index in [0.29, 0.717) is 17.1 Å². The molecule has 0 aliphatic rings. The quantitative estimate of drug-likeness (QED) is 0.933. The largest absolute Gasteiger partial charge is 0.481 e. The van der Waals surface area contributed by atoms with Gasteiger partial charge in [0.15, 0.2) is 0 Å². The fraction of sp³-hybridized carbons (Fsp3) is 0.214. The summed E-state index contributed by atoms with van der Waals surface area (Å²) in [6, 6.07) is 8.89. The lowest BCUT2D eigenvalue weighted by Crippen LogP contribution is -2.16. The maximum absolute atomic E-state index is 11.4. The SMILES string of the molecule is Cc1cc(C(Cc2cccc(Cl)c2)C(=O)O)ncn1. The minimum atomic E-state index is -0.905. The van der Waals surface area contributed by atoms with Crippen LogP contribution >= 0.6 is 11.6 Å². The number of nitrogens with zero attached hydrogens (tertiary/aromatic N) is 2. The predicted octanol–water partition coefficient (Wildman–Crippen LogP) is 2.85. The summed E-state index contributed by atoms with van der Waals surface area (Å²) < 4.78 is 0. The molecule has 1 N–H and O–H groups in total. The first-order valence-electron chi connectivity index (χ1n) is 5.82. The molecule has 0 saturated carbocycles. The normalized spacial score (nSPS) is 12.1. The molecule has 1 unspecified atom stereocenters. The second-order valence-electron chi connectivity index (χ2n) is 4.31. The zero-order chi connectivity index (χ0) is 13.8. The van der Waals surface area contributed by atoms with E-state index < -0.39 is 11.9 Å². The highest BCUT2D eigenvalue weighted by molar-refractivity contribution is 6.30. The average Bonchev–Trinajstić information content (AvgIpc) is 2.35. The fourth-order valence-electron chi connectivity index (χ4n) is 1.88. The molecule has 1 aromatic heterocycles. The maximum Gasteiger partial charge on any atom is 0.312 e. The number of carboxylic acids is 1. The van der Waals surface area contributed by atoms with Crippen LogP contribution in [0.2, 0.25) is 5.02 Å². The van der Waals surface area contributed by atoms with Gasteiger partial charge in [-0.1, -0.05) is 23.7 Å². The third kappa shape index (κ3) is 3.51. The molecule has 5 heteroatoms. The van der Waals surface area contributed by atoms with E-state index in [-0.39, 0.29) is 0 Å². The Bertz CT molecular complexity index is 602. The summed E-state index contributed by atoms with van der Waals surface area (Å²) in [7, 11) is 0. The van der Waals surface area contributed by atoms with Gasteiger partial charge in [0.05, 0.1) is 5.69 Å². The molecule has 2 rings (SSSR count). The zero-order valence-corrected chi connectivity index (χ0v) is 11.1. The monoisotopic (exact) mass is 276 g/mol. The molecule has 98 valence electrons. The summed E-state index contributed by atoms with van der Waals surface area (Å²) in [5, 5.41) is 9.95. The Morgan fingerprint density at radius 3 is 2.79 bits per heavy atom. The number of rotatable bonds is 4. The van der Waals surface area contributed by atoms with Crippen molar-refractivity contribution in [2.24, 2.45) is 0 Å². The fourth-order valence-corrected chi connectivity index (χ4v) is 2.10. The van der Waals surface area contributed by atoms with Crippen LogP contribution in [0.25, 0.3) is 0 Å². The van der Waals surface area contributed by atoms with Crippen molar-refractivity contribution in [2.75, 3.05) is 0 Å². The van der Waals surface area contributed by atoms with Crippen molar-refractivity contribution in [3.8, 4) is 0 Å². The smallest absolute Gasteiger partial charge is 0.312 e. The first kappa shape index (κ1) is 13.5. The van der Waals surface area contributed by atoms with Gasteiger partial charge in [-0.3, -0.25) is 4.79 Å². The van der Waals surface area contributed by atoms with Crippen LogP contribution in [-0.2, 0) is 11.2 Å². The van der Waals surface area contributed by atoms with Gasteiger partial charge in [0.1, 0.15) is 12.2 Å². The Kier molecular flexibility index (Phi) is 4.12. The summed E-state index contributed by atoms with van der Waals surface area (Å²) in [4.78, 5) is 19.4.